The molecule has 0 N–H and O–H groups in total. The van der Waals surface area contributed by atoms with Crippen molar-refractivity contribution in [3.63, 3.8) is 0 Å². The number of aromatic nitrogens is 1. The van der Waals surface area contributed by atoms with Crippen molar-refractivity contribution in [2.24, 2.45) is 5.92 Å². The Labute approximate surface area is 185 Å². The van der Waals surface area contributed by atoms with E-state index in [0.717, 1.165) is 76.5 Å². The molecule has 0 atom stereocenters. The van der Waals surface area contributed by atoms with E-state index in [1.807, 2.05) is 47.5 Å². The number of nitrogens with zero attached hydrogens (tertiary/aromatic N) is 3. The summed E-state index contributed by atoms with van der Waals surface area (Å²) >= 11 is 0. The van der Waals surface area contributed by atoms with Crippen molar-refractivity contribution in [1.82, 2.24) is 14.8 Å². The van der Waals surface area contributed by atoms with Crippen molar-refractivity contribution in [2.45, 2.75) is 38.3 Å². The summed E-state index contributed by atoms with van der Waals surface area (Å²) in [5.41, 5.74) is 1.79. The van der Waals surface area contributed by atoms with Crippen LogP contribution < -0.4 is 4.74 Å². The quantitative estimate of drug-likeness (QED) is 0.681. The monoisotopic (exact) mass is 423 g/mol. The Bertz CT molecular complexity index is 829. The molecule has 6 nitrogen and oxygen atoms in total. The zero-order valence-electron chi connectivity index (χ0n) is 18.4. The van der Waals surface area contributed by atoms with Crippen molar-refractivity contribution < 1.29 is 14.3 Å². The van der Waals surface area contributed by atoms with Crippen LogP contribution in [0.15, 0.2) is 48.7 Å². The molecule has 1 aromatic heterocycles. The maximum absolute atomic E-state index is 13.2. The Hall–Kier alpha value is -2.44. The lowest BCUT2D eigenvalue weighted by Crippen LogP contribution is -2.40. The molecule has 31 heavy (non-hydrogen) atoms. The third-order valence-electron chi connectivity index (χ3n) is 6.36. The Morgan fingerprint density at radius 2 is 1.74 bits per heavy atom. The van der Waals surface area contributed by atoms with E-state index in [1.54, 1.807) is 7.11 Å². The molecule has 0 spiro atoms. The van der Waals surface area contributed by atoms with Crippen LogP contribution in [0.25, 0.3) is 0 Å². The first-order valence-electron chi connectivity index (χ1n) is 11.4. The van der Waals surface area contributed by atoms with E-state index in [-0.39, 0.29) is 12.0 Å². The molecule has 4 rings (SSSR count). The maximum Gasteiger partial charge on any atom is 0.257 e. The SMILES string of the molecule is COCC1CCN(C(=O)c2ccccc2OC2CCN(Cc3ccccn3)CC2)CC1. The van der Waals surface area contributed by atoms with Crippen molar-refractivity contribution in [3.05, 3.63) is 59.9 Å². The van der Waals surface area contributed by atoms with Gasteiger partial charge in [0.05, 0.1) is 11.3 Å². The average Bonchev–Trinajstić information content (AvgIpc) is 2.82. The predicted molar refractivity (Wildman–Crippen MR) is 120 cm³/mol. The van der Waals surface area contributed by atoms with Crippen LogP contribution in [0.1, 0.15) is 41.7 Å². The van der Waals surface area contributed by atoms with Gasteiger partial charge in [0.1, 0.15) is 11.9 Å². The van der Waals surface area contributed by atoms with Crippen LogP contribution in [0.5, 0.6) is 5.75 Å². The van der Waals surface area contributed by atoms with E-state index in [1.165, 1.54) is 0 Å². The van der Waals surface area contributed by atoms with Crippen LogP contribution in [0.4, 0.5) is 0 Å². The van der Waals surface area contributed by atoms with E-state index in [4.69, 9.17) is 9.47 Å². The van der Waals surface area contributed by atoms with Gasteiger partial charge in [0.15, 0.2) is 0 Å². The fourth-order valence-electron chi connectivity index (χ4n) is 4.54. The van der Waals surface area contributed by atoms with Crippen molar-refractivity contribution in [2.75, 3.05) is 39.9 Å². The molecule has 2 aliphatic heterocycles. The number of carbonyl (C=O) groups excluding carboxylic acids is 1. The minimum atomic E-state index is 0.0825. The summed E-state index contributed by atoms with van der Waals surface area (Å²) in [6.45, 7) is 5.18. The summed E-state index contributed by atoms with van der Waals surface area (Å²) < 4.78 is 11.6. The van der Waals surface area contributed by atoms with Gasteiger partial charge in [-0.05, 0) is 55.9 Å². The van der Waals surface area contributed by atoms with Gasteiger partial charge in [0, 0.05) is 52.6 Å². The van der Waals surface area contributed by atoms with Gasteiger partial charge in [-0.3, -0.25) is 14.7 Å². The molecule has 0 saturated carbocycles. The van der Waals surface area contributed by atoms with E-state index < -0.39 is 0 Å². The van der Waals surface area contributed by atoms with Crippen molar-refractivity contribution >= 4 is 5.91 Å². The number of pyridine rings is 1. The maximum atomic E-state index is 13.2. The number of likely N-dealkylation sites (tertiary alicyclic amines) is 2. The fraction of sp³-hybridized carbons (Fsp3) is 0.520. The fourth-order valence-corrected chi connectivity index (χ4v) is 4.54. The molecular formula is C25H33N3O3. The molecule has 2 fully saturated rings. The number of hydrogen-bond donors (Lipinski definition) is 0. The van der Waals surface area contributed by atoms with Gasteiger partial charge in [-0.15, -0.1) is 0 Å². The van der Waals surface area contributed by atoms with Crippen molar-refractivity contribution in [1.29, 1.82) is 0 Å². The average molecular weight is 424 g/mol. The summed E-state index contributed by atoms with van der Waals surface area (Å²) in [5.74, 6) is 1.35. The second-order valence-corrected chi connectivity index (χ2v) is 8.60. The lowest BCUT2D eigenvalue weighted by atomic mass is 9.97. The van der Waals surface area contributed by atoms with Gasteiger partial charge < -0.3 is 14.4 Å². The Morgan fingerprint density at radius 1 is 1.00 bits per heavy atom. The van der Waals surface area contributed by atoms with Gasteiger partial charge in [-0.2, -0.15) is 0 Å². The largest absolute Gasteiger partial charge is 0.489 e. The summed E-state index contributed by atoms with van der Waals surface area (Å²) in [6, 6.07) is 13.8. The number of carbonyl (C=O) groups is 1. The first-order valence-corrected chi connectivity index (χ1v) is 11.4. The lowest BCUT2D eigenvalue weighted by Gasteiger charge is -2.33. The normalized spacial score (nSPS) is 18.8. The molecule has 6 heteroatoms. The smallest absolute Gasteiger partial charge is 0.257 e. The topological polar surface area (TPSA) is 54.9 Å². The molecule has 2 aliphatic rings. The number of methoxy groups -OCH3 is 1. The van der Waals surface area contributed by atoms with Crippen molar-refractivity contribution in [3.8, 4) is 5.75 Å². The van der Waals surface area contributed by atoms with Crippen LogP contribution in [-0.4, -0.2) is 66.7 Å². The number of benzene rings is 1. The number of para-hydroxylation sites is 1. The minimum Gasteiger partial charge on any atom is -0.489 e. The standard InChI is InChI=1S/C25H33N3O3/c1-30-19-20-9-16-28(17-10-20)25(29)23-7-2-3-8-24(23)31-22-11-14-27(15-12-22)18-21-6-4-5-13-26-21/h2-8,13,20,22H,9-12,14-19H2,1H3. The highest BCUT2D eigenvalue weighted by Crippen LogP contribution is 2.27. The molecule has 0 aliphatic carbocycles. The van der Waals surface area contributed by atoms with E-state index in [2.05, 4.69) is 16.0 Å². The van der Waals surface area contributed by atoms with Crippen LogP contribution >= 0.6 is 0 Å². The molecule has 0 unspecified atom stereocenters. The molecule has 0 bridgehead atoms. The lowest BCUT2D eigenvalue weighted by molar-refractivity contribution is 0.0598. The van der Waals surface area contributed by atoms with Crippen LogP contribution in [0.2, 0.25) is 0 Å². The summed E-state index contributed by atoms with van der Waals surface area (Å²) in [4.78, 5) is 22.0. The molecule has 0 radical (unpaired) electrons. The highest BCUT2D eigenvalue weighted by atomic mass is 16.5. The number of ether oxygens (including phenoxy) is 2. The zero-order valence-corrected chi connectivity index (χ0v) is 18.4. The minimum absolute atomic E-state index is 0.0825. The van der Waals surface area contributed by atoms with Gasteiger partial charge in [-0.1, -0.05) is 18.2 Å². The Morgan fingerprint density at radius 3 is 2.45 bits per heavy atom. The molecule has 2 aromatic rings. The van der Waals surface area contributed by atoms with Crippen LogP contribution in [0.3, 0.4) is 0 Å². The predicted octanol–water partition coefficient (Wildman–Crippen LogP) is 3.62. The van der Waals surface area contributed by atoms with E-state index in [0.29, 0.717) is 11.5 Å². The summed E-state index contributed by atoms with van der Waals surface area (Å²) in [7, 11) is 1.74. The Kier molecular flexibility index (Phi) is 7.54. The van der Waals surface area contributed by atoms with Gasteiger partial charge in [-0.25, -0.2) is 0 Å². The first kappa shape index (κ1) is 21.8. The Balaban J connectivity index is 1.31. The summed E-state index contributed by atoms with van der Waals surface area (Å²) in [5, 5.41) is 0. The molecule has 1 aromatic carbocycles. The second kappa shape index (κ2) is 10.7. The highest BCUT2D eigenvalue weighted by molar-refractivity contribution is 5.97. The second-order valence-electron chi connectivity index (χ2n) is 8.60. The van der Waals surface area contributed by atoms with Crippen LogP contribution in [-0.2, 0) is 11.3 Å². The molecule has 3 heterocycles. The van der Waals surface area contributed by atoms with E-state index in [9.17, 15) is 4.79 Å². The third kappa shape index (κ3) is 5.83. The first-order chi connectivity index (χ1) is 15.2. The van der Waals surface area contributed by atoms with Gasteiger partial charge in [0.25, 0.3) is 5.91 Å². The number of piperidine rings is 2. The highest BCUT2D eigenvalue weighted by Gasteiger charge is 2.27. The number of hydrogen-bond acceptors (Lipinski definition) is 5. The number of rotatable bonds is 7. The summed E-state index contributed by atoms with van der Waals surface area (Å²) in [6.07, 6.45) is 5.89. The van der Waals surface area contributed by atoms with E-state index >= 15 is 0 Å². The zero-order chi connectivity index (χ0) is 21.5. The van der Waals surface area contributed by atoms with Gasteiger partial charge >= 0.3 is 0 Å². The third-order valence-corrected chi connectivity index (χ3v) is 6.36. The molecular weight excluding hydrogens is 390 g/mol. The molecule has 1 amide bonds. The molecule has 166 valence electrons. The van der Waals surface area contributed by atoms with Gasteiger partial charge in [0.2, 0.25) is 0 Å². The van der Waals surface area contributed by atoms with Crippen LogP contribution in [0, 0.1) is 5.92 Å². The number of amides is 1. The molecule has 2 saturated heterocycles.